The SMILES string of the molecule is COc1cccc(-n2c(=O)c3sccc3n(Cc3cc(=O)n4ccccc4n3)c2=O)c1. The molecular formula is C22H16N4O4S. The third-order valence-electron chi connectivity index (χ3n) is 5.01. The highest BCUT2D eigenvalue weighted by Gasteiger charge is 2.17. The predicted molar refractivity (Wildman–Crippen MR) is 119 cm³/mol. The molecule has 0 saturated carbocycles. The van der Waals surface area contributed by atoms with Crippen LogP contribution in [0.2, 0.25) is 0 Å². The summed E-state index contributed by atoms with van der Waals surface area (Å²) in [4.78, 5) is 43.5. The molecule has 0 radical (unpaired) electrons. The van der Waals surface area contributed by atoms with Gasteiger partial charge in [-0.15, -0.1) is 11.3 Å². The molecule has 5 aromatic rings. The maximum absolute atomic E-state index is 13.4. The average Bonchev–Trinajstić information content (AvgIpc) is 3.27. The summed E-state index contributed by atoms with van der Waals surface area (Å²) in [6.07, 6.45) is 1.64. The molecule has 0 atom stereocenters. The highest BCUT2D eigenvalue weighted by atomic mass is 32.1. The fourth-order valence-corrected chi connectivity index (χ4v) is 4.39. The van der Waals surface area contributed by atoms with E-state index >= 15 is 0 Å². The number of methoxy groups -OCH3 is 1. The van der Waals surface area contributed by atoms with Gasteiger partial charge < -0.3 is 4.74 Å². The van der Waals surface area contributed by atoms with Gasteiger partial charge in [0.25, 0.3) is 11.1 Å². The van der Waals surface area contributed by atoms with Crippen molar-refractivity contribution in [2.24, 2.45) is 0 Å². The zero-order valence-electron chi connectivity index (χ0n) is 16.4. The number of aromatic nitrogens is 4. The molecule has 8 nitrogen and oxygen atoms in total. The molecule has 0 spiro atoms. The van der Waals surface area contributed by atoms with Crippen molar-refractivity contribution in [3.05, 3.63) is 103 Å². The molecule has 4 heterocycles. The van der Waals surface area contributed by atoms with Crippen molar-refractivity contribution in [2.75, 3.05) is 7.11 Å². The number of benzene rings is 1. The number of nitrogens with zero attached hydrogens (tertiary/aromatic N) is 4. The van der Waals surface area contributed by atoms with Crippen molar-refractivity contribution in [3.63, 3.8) is 0 Å². The zero-order chi connectivity index (χ0) is 21.5. The lowest BCUT2D eigenvalue weighted by Crippen LogP contribution is -2.39. The second-order valence-corrected chi connectivity index (χ2v) is 7.78. The van der Waals surface area contributed by atoms with Crippen LogP contribution in [0, 0.1) is 0 Å². The Balaban J connectivity index is 1.74. The molecule has 0 aliphatic carbocycles. The van der Waals surface area contributed by atoms with Gasteiger partial charge in [-0.2, -0.15) is 0 Å². The summed E-state index contributed by atoms with van der Waals surface area (Å²) in [5, 5.41) is 1.76. The maximum atomic E-state index is 13.4. The van der Waals surface area contributed by atoms with Crippen LogP contribution in [0.4, 0.5) is 0 Å². The highest BCUT2D eigenvalue weighted by molar-refractivity contribution is 7.17. The van der Waals surface area contributed by atoms with Crippen LogP contribution >= 0.6 is 11.3 Å². The predicted octanol–water partition coefficient (Wildman–Crippen LogP) is 2.28. The van der Waals surface area contributed by atoms with Gasteiger partial charge in [0.05, 0.1) is 30.6 Å². The zero-order valence-corrected chi connectivity index (χ0v) is 17.2. The molecule has 0 N–H and O–H groups in total. The summed E-state index contributed by atoms with van der Waals surface area (Å²) in [6.45, 7) is 0.0525. The summed E-state index contributed by atoms with van der Waals surface area (Å²) in [5.41, 5.74) is 0.683. The van der Waals surface area contributed by atoms with Gasteiger partial charge >= 0.3 is 5.69 Å². The van der Waals surface area contributed by atoms with Crippen molar-refractivity contribution in [3.8, 4) is 11.4 Å². The van der Waals surface area contributed by atoms with E-state index < -0.39 is 11.2 Å². The minimum Gasteiger partial charge on any atom is -0.497 e. The van der Waals surface area contributed by atoms with Gasteiger partial charge in [0, 0.05) is 18.3 Å². The van der Waals surface area contributed by atoms with Crippen LogP contribution in [-0.4, -0.2) is 25.6 Å². The number of hydrogen-bond donors (Lipinski definition) is 0. The van der Waals surface area contributed by atoms with E-state index in [4.69, 9.17) is 4.74 Å². The van der Waals surface area contributed by atoms with Crippen molar-refractivity contribution in [1.29, 1.82) is 0 Å². The third-order valence-corrected chi connectivity index (χ3v) is 5.90. The van der Waals surface area contributed by atoms with Crippen LogP contribution in [0.15, 0.2) is 80.6 Å². The molecule has 9 heteroatoms. The topological polar surface area (TPSA) is 87.6 Å². The molecule has 0 unspecified atom stereocenters. The molecule has 0 fully saturated rings. The quantitative estimate of drug-likeness (QED) is 0.435. The van der Waals surface area contributed by atoms with Gasteiger partial charge in [-0.05, 0) is 35.7 Å². The summed E-state index contributed by atoms with van der Waals surface area (Å²) >= 11 is 1.26. The first-order chi connectivity index (χ1) is 15.1. The normalized spacial score (nSPS) is 11.3. The molecule has 0 amide bonds. The van der Waals surface area contributed by atoms with Crippen LogP contribution in [0.25, 0.3) is 21.6 Å². The van der Waals surface area contributed by atoms with E-state index in [9.17, 15) is 14.4 Å². The lowest BCUT2D eigenvalue weighted by atomic mass is 10.3. The van der Waals surface area contributed by atoms with Gasteiger partial charge in [-0.1, -0.05) is 12.1 Å². The minimum atomic E-state index is -0.515. The van der Waals surface area contributed by atoms with E-state index in [1.807, 2.05) is 0 Å². The molecule has 31 heavy (non-hydrogen) atoms. The number of rotatable bonds is 4. The van der Waals surface area contributed by atoms with E-state index in [1.165, 1.54) is 33.5 Å². The number of ether oxygens (including phenoxy) is 1. The summed E-state index contributed by atoms with van der Waals surface area (Å²) in [7, 11) is 1.52. The average molecular weight is 432 g/mol. The Morgan fingerprint density at radius 1 is 1.03 bits per heavy atom. The van der Waals surface area contributed by atoms with Crippen LogP contribution in [0.3, 0.4) is 0 Å². The largest absolute Gasteiger partial charge is 0.497 e. The Labute approximate surface area is 178 Å². The first-order valence-electron chi connectivity index (χ1n) is 9.41. The first kappa shape index (κ1) is 19.0. The van der Waals surface area contributed by atoms with Gasteiger partial charge in [-0.3, -0.25) is 18.6 Å². The number of pyridine rings is 1. The monoisotopic (exact) mass is 432 g/mol. The maximum Gasteiger partial charge on any atom is 0.336 e. The minimum absolute atomic E-state index is 0.0525. The number of hydrogen-bond acceptors (Lipinski definition) is 6. The van der Waals surface area contributed by atoms with Gasteiger partial charge in [0.2, 0.25) is 0 Å². The number of fused-ring (bicyclic) bond motifs is 2. The summed E-state index contributed by atoms with van der Waals surface area (Å²) < 4.78 is 9.70. The highest BCUT2D eigenvalue weighted by Crippen LogP contribution is 2.19. The first-order valence-corrected chi connectivity index (χ1v) is 10.3. The second-order valence-electron chi connectivity index (χ2n) is 6.86. The molecule has 5 rings (SSSR count). The Morgan fingerprint density at radius 3 is 2.74 bits per heavy atom. The molecule has 1 aromatic carbocycles. The lowest BCUT2D eigenvalue weighted by Gasteiger charge is -2.13. The smallest absolute Gasteiger partial charge is 0.336 e. The van der Waals surface area contributed by atoms with Crippen LogP contribution in [0.1, 0.15) is 5.69 Å². The molecule has 0 saturated heterocycles. The standard InChI is InChI=1S/C22H16N4O4S/c1-30-16-6-4-5-15(12-16)26-21(28)20-17(8-10-31-20)25(22(26)29)13-14-11-19(27)24-9-3-2-7-18(24)23-14/h2-12H,13H2,1H3. The van der Waals surface area contributed by atoms with Crippen LogP contribution < -0.4 is 21.5 Å². The van der Waals surface area contributed by atoms with Crippen molar-refractivity contribution in [2.45, 2.75) is 6.54 Å². The second kappa shape index (κ2) is 7.37. The van der Waals surface area contributed by atoms with E-state index in [-0.39, 0.29) is 12.1 Å². The van der Waals surface area contributed by atoms with E-state index in [1.54, 1.807) is 60.1 Å². The molecule has 4 aromatic heterocycles. The molecule has 154 valence electrons. The Kier molecular flexibility index (Phi) is 4.52. The molecule has 0 bridgehead atoms. The van der Waals surface area contributed by atoms with E-state index in [0.717, 1.165) is 4.57 Å². The Morgan fingerprint density at radius 2 is 1.90 bits per heavy atom. The van der Waals surface area contributed by atoms with E-state index in [2.05, 4.69) is 4.98 Å². The number of thiophene rings is 1. The lowest BCUT2D eigenvalue weighted by molar-refractivity contribution is 0.414. The Hall–Kier alpha value is -3.98. The van der Waals surface area contributed by atoms with Gasteiger partial charge in [-0.25, -0.2) is 14.3 Å². The van der Waals surface area contributed by atoms with Crippen molar-refractivity contribution in [1.82, 2.24) is 18.5 Å². The fourth-order valence-electron chi connectivity index (χ4n) is 3.56. The third kappa shape index (κ3) is 3.15. The fraction of sp³-hybridized carbons (Fsp3) is 0.0909. The van der Waals surface area contributed by atoms with Crippen molar-refractivity contribution >= 4 is 27.2 Å². The summed E-state index contributed by atoms with van der Waals surface area (Å²) in [6, 6.07) is 15.2. The van der Waals surface area contributed by atoms with Gasteiger partial charge in [0.1, 0.15) is 16.1 Å². The van der Waals surface area contributed by atoms with Crippen LogP contribution in [-0.2, 0) is 6.54 Å². The molecule has 0 aliphatic rings. The van der Waals surface area contributed by atoms with E-state index in [0.29, 0.717) is 33.0 Å². The molecular weight excluding hydrogens is 416 g/mol. The van der Waals surface area contributed by atoms with Crippen LogP contribution in [0.5, 0.6) is 5.75 Å². The van der Waals surface area contributed by atoms with Gasteiger partial charge in [0.15, 0.2) is 0 Å². The van der Waals surface area contributed by atoms with Crippen molar-refractivity contribution < 1.29 is 4.74 Å². The summed E-state index contributed by atoms with van der Waals surface area (Å²) in [5.74, 6) is 0.533. The Bertz CT molecular complexity index is 1630. The molecule has 0 aliphatic heterocycles.